The van der Waals surface area contributed by atoms with Gasteiger partial charge in [-0.1, -0.05) is 19.1 Å². The summed E-state index contributed by atoms with van der Waals surface area (Å²) in [5.41, 5.74) is 2.73. The number of carboxylic acids is 1. The SMILES string of the molecule is CCN(Cc1ccncc1)N(C=O)c1cccc(N2CC(N(C=O)C(CC(=O)O)c3cccnc3)CC2=O)c1. The zero-order valence-electron chi connectivity index (χ0n) is 21.5. The molecule has 1 aromatic carbocycles. The number of pyridine rings is 2. The first-order valence-corrected chi connectivity index (χ1v) is 12.6. The molecule has 0 bridgehead atoms. The number of hydrogen-bond acceptors (Lipinski definition) is 7. The summed E-state index contributed by atoms with van der Waals surface area (Å²) in [5.74, 6) is -1.27. The van der Waals surface area contributed by atoms with Crippen LogP contribution in [-0.2, 0) is 25.7 Å². The van der Waals surface area contributed by atoms with Crippen LogP contribution in [0.4, 0.5) is 11.4 Å². The van der Waals surface area contributed by atoms with Crippen molar-refractivity contribution in [2.75, 3.05) is 23.0 Å². The molecular weight excluding hydrogens is 500 g/mol. The third-order valence-electron chi connectivity index (χ3n) is 6.74. The molecule has 11 nitrogen and oxygen atoms in total. The number of carbonyl (C=O) groups excluding carboxylic acids is 3. The van der Waals surface area contributed by atoms with E-state index in [0.29, 0.717) is 36.4 Å². The Balaban J connectivity index is 1.56. The molecule has 1 N–H and O–H groups in total. The Kier molecular flexibility index (Phi) is 8.95. The Morgan fingerprint density at radius 1 is 1.10 bits per heavy atom. The van der Waals surface area contributed by atoms with Gasteiger partial charge in [0.2, 0.25) is 18.7 Å². The minimum Gasteiger partial charge on any atom is -0.481 e. The summed E-state index contributed by atoms with van der Waals surface area (Å²) in [6, 6.07) is 12.9. The lowest BCUT2D eigenvalue weighted by molar-refractivity contribution is -0.139. The minimum atomic E-state index is -1.06. The molecule has 0 saturated carbocycles. The fraction of sp³-hybridized carbons (Fsp3) is 0.286. The first kappa shape index (κ1) is 27.4. The van der Waals surface area contributed by atoms with E-state index in [2.05, 4.69) is 9.97 Å². The highest BCUT2D eigenvalue weighted by molar-refractivity contribution is 5.97. The van der Waals surface area contributed by atoms with E-state index < -0.39 is 18.1 Å². The van der Waals surface area contributed by atoms with E-state index in [4.69, 9.17) is 0 Å². The van der Waals surface area contributed by atoms with E-state index in [1.54, 1.807) is 59.9 Å². The van der Waals surface area contributed by atoms with Crippen LogP contribution >= 0.6 is 0 Å². The van der Waals surface area contributed by atoms with Crippen molar-refractivity contribution in [3.8, 4) is 0 Å². The number of amides is 3. The monoisotopic (exact) mass is 530 g/mol. The number of carbonyl (C=O) groups is 4. The summed E-state index contributed by atoms with van der Waals surface area (Å²) in [7, 11) is 0. The number of rotatable bonds is 13. The van der Waals surface area contributed by atoms with Crippen LogP contribution in [0.25, 0.3) is 0 Å². The Bertz CT molecular complexity index is 1290. The molecule has 2 unspecified atom stereocenters. The highest BCUT2D eigenvalue weighted by Gasteiger charge is 2.38. The molecule has 1 aliphatic rings. The first-order chi connectivity index (χ1) is 18.9. The third kappa shape index (κ3) is 6.44. The fourth-order valence-electron chi connectivity index (χ4n) is 4.82. The molecule has 1 fully saturated rings. The predicted molar refractivity (Wildman–Crippen MR) is 143 cm³/mol. The summed E-state index contributed by atoms with van der Waals surface area (Å²) < 4.78 is 0. The molecule has 4 rings (SSSR count). The van der Waals surface area contributed by atoms with Crippen LogP contribution in [0.5, 0.6) is 0 Å². The minimum absolute atomic E-state index is 0.0415. The third-order valence-corrected chi connectivity index (χ3v) is 6.74. The number of aliphatic carboxylic acids is 1. The molecule has 2 atom stereocenters. The maximum Gasteiger partial charge on any atom is 0.305 e. The number of nitrogens with zero attached hydrogens (tertiary/aromatic N) is 6. The highest BCUT2D eigenvalue weighted by Crippen LogP contribution is 2.32. The molecule has 3 heterocycles. The van der Waals surface area contributed by atoms with Gasteiger partial charge in [0.1, 0.15) is 0 Å². The van der Waals surface area contributed by atoms with E-state index in [1.807, 2.05) is 24.1 Å². The van der Waals surface area contributed by atoms with Gasteiger partial charge >= 0.3 is 5.97 Å². The number of carboxylic acid groups (broad SMARTS) is 1. The van der Waals surface area contributed by atoms with Crippen molar-refractivity contribution in [2.24, 2.45) is 0 Å². The maximum atomic E-state index is 13.1. The van der Waals surface area contributed by atoms with Crippen LogP contribution in [0.15, 0.2) is 73.3 Å². The van der Waals surface area contributed by atoms with Gasteiger partial charge in [0.25, 0.3) is 0 Å². The van der Waals surface area contributed by atoms with Gasteiger partial charge in [-0.25, -0.2) is 10.0 Å². The number of anilines is 2. The molecule has 0 aliphatic carbocycles. The van der Waals surface area contributed by atoms with E-state index >= 15 is 0 Å². The van der Waals surface area contributed by atoms with Gasteiger partial charge in [0.15, 0.2) is 0 Å². The summed E-state index contributed by atoms with van der Waals surface area (Å²) >= 11 is 0. The van der Waals surface area contributed by atoms with E-state index in [9.17, 15) is 24.3 Å². The second-order valence-corrected chi connectivity index (χ2v) is 9.12. The Labute approximate surface area is 226 Å². The van der Waals surface area contributed by atoms with Crippen LogP contribution in [0.3, 0.4) is 0 Å². The molecule has 0 radical (unpaired) electrons. The van der Waals surface area contributed by atoms with Crippen molar-refractivity contribution >= 4 is 36.1 Å². The predicted octanol–water partition coefficient (Wildman–Crippen LogP) is 2.66. The molecular formula is C28H30N6O5. The topological polar surface area (TPSA) is 127 Å². The highest BCUT2D eigenvalue weighted by atomic mass is 16.4. The first-order valence-electron chi connectivity index (χ1n) is 12.6. The number of hydrazine groups is 1. The molecule has 3 aromatic rings. The molecule has 202 valence electrons. The number of aromatic nitrogens is 2. The second kappa shape index (κ2) is 12.7. The largest absolute Gasteiger partial charge is 0.481 e. The van der Waals surface area contributed by atoms with Crippen molar-refractivity contribution < 1.29 is 24.3 Å². The lowest BCUT2D eigenvalue weighted by Gasteiger charge is -2.33. The maximum absolute atomic E-state index is 13.1. The number of hydrogen-bond donors (Lipinski definition) is 1. The average Bonchev–Trinajstić information content (AvgIpc) is 3.34. The van der Waals surface area contributed by atoms with Gasteiger partial charge in [-0.3, -0.25) is 29.1 Å². The Hall–Kier alpha value is -4.64. The summed E-state index contributed by atoms with van der Waals surface area (Å²) in [4.78, 5) is 60.2. The average molecular weight is 531 g/mol. The molecule has 3 amide bonds. The molecule has 11 heteroatoms. The van der Waals surface area contributed by atoms with Crippen molar-refractivity contribution in [1.29, 1.82) is 0 Å². The quantitative estimate of drug-likeness (QED) is 0.264. The molecule has 1 aliphatic heterocycles. The van der Waals surface area contributed by atoms with Gasteiger partial charge in [-0.15, -0.1) is 0 Å². The van der Waals surface area contributed by atoms with E-state index in [0.717, 1.165) is 12.0 Å². The van der Waals surface area contributed by atoms with Crippen LogP contribution in [0, 0.1) is 0 Å². The second-order valence-electron chi connectivity index (χ2n) is 9.12. The summed E-state index contributed by atoms with van der Waals surface area (Å²) in [6.45, 7) is 3.18. The molecule has 39 heavy (non-hydrogen) atoms. The fourth-order valence-corrected chi connectivity index (χ4v) is 4.82. The van der Waals surface area contributed by atoms with Crippen LogP contribution in [-0.4, -0.2) is 68.8 Å². The lowest BCUT2D eigenvalue weighted by Crippen LogP contribution is -2.41. The van der Waals surface area contributed by atoms with Crippen molar-refractivity contribution in [3.05, 3.63) is 84.4 Å². The van der Waals surface area contributed by atoms with Gasteiger partial charge < -0.3 is 14.9 Å². The smallest absolute Gasteiger partial charge is 0.305 e. The van der Waals surface area contributed by atoms with Crippen LogP contribution in [0.2, 0.25) is 0 Å². The molecule has 1 saturated heterocycles. The van der Waals surface area contributed by atoms with E-state index in [1.165, 1.54) is 16.1 Å². The van der Waals surface area contributed by atoms with E-state index in [-0.39, 0.29) is 25.3 Å². The molecule has 2 aromatic heterocycles. The van der Waals surface area contributed by atoms with Gasteiger partial charge in [-0.05, 0) is 47.5 Å². The summed E-state index contributed by atoms with van der Waals surface area (Å²) in [6.07, 6.45) is 7.55. The molecule has 0 spiro atoms. The van der Waals surface area contributed by atoms with Crippen molar-refractivity contribution in [1.82, 2.24) is 19.9 Å². The lowest BCUT2D eigenvalue weighted by atomic mass is 10.0. The van der Waals surface area contributed by atoms with Crippen molar-refractivity contribution in [2.45, 2.75) is 38.4 Å². The Morgan fingerprint density at radius 3 is 2.54 bits per heavy atom. The number of benzene rings is 1. The van der Waals surface area contributed by atoms with Gasteiger partial charge in [-0.2, -0.15) is 0 Å². The van der Waals surface area contributed by atoms with Crippen LogP contribution in [0.1, 0.15) is 36.9 Å². The van der Waals surface area contributed by atoms with Gasteiger partial charge in [0, 0.05) is 56.5 Å². The standard InChI is InChI=1S/C28H30N6O5/c1-2-31(17-21-8-11-29-12-9-21)34(20-36)24-7-3-6-23(13-24)32-18-25(14-27(32)37)33(19-35)26(15-28(38)39)22-5-4-10-30-16-22/h3-13,16,19-20,25-26H,2,14-15,17-18H2,1H3,(H,38,39). The zero-order valence-corrected chi connectivity index (χ0v) is 21.5. The zero-order chi connectivity index (χ0) is 27.8. The van der Waals surface area contributed by atoms with Gasteiger partial charge in [0.05, 0.1) is 24.2 Å². The normalized spacial score (nSPS) is 15.7. The Morgan fingerprint density at radius 2 is 1.90 bits per heavy atom. The summed E-state index contributed by atoms with van der Waals surface area (Å²) in [5, 5.41) is 12.9. The van der Waals surface area contributed by atoms with Crippen molar-refractivity contribution in [3.63, 3.8) is 0 Å². The van der Waals surface area contributed by atoms with Crippen LogP contribution < -0.4 is 9.91 Å².